The number of sulfonamides is 1. The fourth-order valence-corrected chi connectivity index (χ4v) is 12.6. The zero-order valence-electron chi connectivity index (χ0n) is 38.4. The minimum atomic E-state index is -3.49. The van der Waals surface area contributed by atoms with Crippen molar-refractivity contribution in [3.63, 3.8) is 0 Å². The molecule has 2 amide bonds. The highest BCUT2D eigenvalue weighted by Gasteiger charge is 2.54. The molecule has 5 fully saturated rings. The summed E-state index contributed by atoms with van der Waals surface area (Å²) in [4.78, 5) is 40.8. The van der Waals surface area contributed by atoms with Gasteiger partial charge in [-0.3, -0.25) is 24.1 Å². The van der Waals surface area contributed by atoms with Crippen molar-refractivity contribution in [2.75, 3.05) is 85.6 Å². The maximum absolute atomic E-state index is 15.2. The molecule has 1 aromatic heterocycles. The molecule has 14 nitrogen and oxygen atoms in total. The molecule has 2 aliphatic carbocycles. The summed E-state index contributed by atoms with van der Waals surface area (Å²) in [5.41, 5.74) is 5.45. The summed E-state index contributed by atoms with van der Waals surface area (Å²) in [5, 5.41) is 9.28. The monoisotopic (exact) mass is 953 g/mol. The summed E-state index contributed by atoms with van der Waals surface area (Å²) in [6, 6.07) is 18.0. The number of carbonyl (C=O) groups excluding carboxylic acids is 2. The summed E-state index contributed by atoms with van der Waals surface area (Å²) in [6.07, 6.45) is 13.2. The van der Waals surface area contributed by atoms with E-state index in [1.165, 1.54) is 23.2 Å². The van der Waals surface area contributed by atoms with Gasteiger partial charge in [0.05, 0.1) is 42.5 Å². The van der Waals surface area contributed by atoms with Crippen LogP contribution in [0.2, 0.25) is 5.02 Å². The number of piperidine rings is 2. The van der Waals surface area contributed by atoms with E-state index in [1.807, 2.05) is 30.3 Å². The molecule has 0 bridgehead atoms. The number of hydrogen-bond acceptors (Lipinski definition) is 12. The number of carbonyl (C=O) groups is 2. The van der Waals surface area contributed by atoms with E-state index in [2.05, 4.69) is 47.8 Å². The highest BCUT2D eigenvalue weighted by Crippen LogP contribution is 2.59. The van der Waals surface area contributed by atoms with Gasteiger partial charge >= 0.3 is 0 Å². The summed E-state index contributed by atoms with van der Waals surface area (Å²) >= 11 is 6.61. The standard InChI is InChI=1S/C50H61ClFN9O5S/c1-66-44-29-36(11-14-42(44)55-49-53-30-40(51)47(57-49)54-43-5-3-4-39-46(43)61(67(2,64)65)31-50(39)19-20-50)59-22-17-35(18-23-59)60-26-24-58(25-27-60)21-16-32-6-8-33(9-7-32)34-10-12-37(41(52)28-34)38-13-15-45(62)56-48(38)63/h3-5,10-12,14,28-30,32-33,35,38H,6-9,13,15-27,31H2,1-2H3,(H,56,62,63)(H2,53,54,55,57). The molecule has 0 radical (unpaired) electrons. The lowest BCUT2D eigenvalue weighted by molar-refractivity contribution is -0.134. The molecule has 2 saturated carbocycles. The Labute approximate surface area is 398 Å². The van der Waals surface area contributed by atoms with Crippen LogP contribution in [0.1, 0.15) is 99.2 Å². The van der Waals surface area contributed by atoms with Crippen molar-refractivity contribution in [1.82, 2.24) is 25.1 Å². The molecule has 3 aromatic carbocycles. The van der Waals surface area contributed by atoms with Crippen LogP contribution in [-0.2, 0) is 25.0 Å². The maximum atomic E-state index is 15.2. The molecule has 3 N–H and O–H groups in total. The first-order valence-electron chi connectivity index (χ1n) is 24.0. The Kier molecular flexibility index (Phi) is 12.8. The second-order valence-electron chi connectivity index (χ2n) is 19.7. The summed E-state index contributed by atoms with van der Waals surface area (Å²) < 4.78 is 48.3. The number of fused-ring (bicyclic) bond motifs is 2. The first-order valence-corrected chi connectivity index (χ1v) is 26.3. The zero-order chi connectivity index (χ0) is 46.5. The Bertz CT molecular complexity index is 2630. The van der Waals surface area contributed by atoms with E-state index in [0.29, 0.717) is 76.0 Å². The van der Waals surface area contributed by atoms with Gasteiger partial charge in [0.25, 0.3) is 0 Å². The lowest BCUT2D eigenvalue weighted by Crippen LogP contribution is -2.53. The third kappa shape index (κ3) is 9.68. The number of rotatable bonds is 13. The topological polar surface area (TPSA) is 152 Å². The van der Waals surface area contributed by atoms with Crippen LogP contribution >= 0.6 is 11.6 Å². The number of piperazine rings is 1. The third-order valence-electron chi connectivity index (χ3n) is 15.5. The Balaban J connectivity index is 0.674. The van der Waals surface area contributed by atoms with Crippen LogP contribution in [0.15, 0.2) is 60.8 Å². The van der Waals surface area contributed by atoms with Crippen LogP contribution in [0.5, 0.6) is 5.75 Å². The number of ether oxygens (including phenoxy) is 1. The number of nitrogens with zero attached hydrogens (tertiary/aromatic N) is 6. The predicted molar refractivity (Wildman–Crippen MR) is 260 cm³/mol. The highest BCUT2D eigenvalue weighted by atomic mass is 35.5. The number of amides is 2. The molecule has 1 spiro atoms. The van der Waals surface area contributed by atoms with E-state index in [9.17, 15) is 18.0 Å². The number of benzene rings is 3. The predicted octanol–water partition coefficient (Wildman–Crippen LogP) is 8.05. The second kappa shape index (κ2) is 18.8. The molecule has 5 heterocycles. The number of methoxy groups -OCH3 is 1. The van der Waals surface area contributed by atoms with Crippen molar-refractivity contribution in [2.45, 2.75) is 93.9 Å². The average Bonchev–Trinajstić information content (AvgIpc) is 4.04. The zero-order valence-corrected chi connectivity index (χ0v) is 40.0. The molecule has 356 valence electrons. The van der Waals surface area contributed by atoms with Gasteiger partial charge in [-0.25, -0.2) is 17.8 Å². The summed E-state index contributed by atoms with van der Waals surface area (Å²) in [6.45, 7) is 7.93. The van der Waals surface area contributed by atoms with E-state index >= 15 is 4.39 Å². The first kappa shape index (κ1) is 45.7. The molecule has 1 atom stereocenters. The minimum Gasteiger partial charge on any atom is -0.494 e. The Morgan fingerprint density at radius 1 is 0.910 bits per heavy atom. The van der Waals surface area contributed by atoms with E-state index in [-0.39, 0.29) is 23.6 Å². The maximum Gasteiger partial charge on any atom is 0.234 e. The van der Waals surface area contributed by atoms with Gasteiger partial charge in [0.2, 0.25) is 27.8 Å². The lowest BCUT2D eigenvalue weighted by atomic mass is 9.77. The lowest BCUT2D eigenvalue weighted by Gasteiger charge is -2.43. The SMILES string of the molecule is COc1cc(N2CCC(N3CCN(CCC4CCC(c5ccc(C6CCC(=O)NC6=O)c(F)c5)CC4)CC3)CC2)ccc1Nc1ncc(Cl)c(Nc2cccc3c2N(S(C)(=O)=O)CC32CC2)n1. The van der Waals surface area contributed by atoms with Gasteiger partial charge in [-0.1, -0.05) is 35.9 Å². The van der Waals surface area contributed by atoms with Crippen LogP contribution in [0.4, 0.5) is 38.9 Å². The quantitative estimate of drug-likeness (QED) is 0.111. The van der Waals surface area contributed by atoms with Crippen molar-refractivity contribution in [2.24, 2.45) is 5.92 Å². The van der Waals surface area contributed by atoms with Crippen molar-refractivity contribution in [3.8, 4) is 5.75 Å². The smallest absolute Gasteiger partial charge is 0.234 e. The highest BCUT2D eigenvalue weighted by molar-refractivity contribution is 7.92. The number of imide groups is 1. The normalized spacial score (nSPS) is 23.6. The largest absolute Gasteiger partial charge is 0.494 e. The number of anilines is 6. The van der Waals surface area contributed by atoms with Crippen molar-refractivity contribution in [1.29, 1.82) is 0 Å². The number of halogens is 2. The van der Waals surface area contributed by atoms with Crippen LogP contribution in [-0.4, -0.2) is 112 Å². The van der Waals surface area contributed by atoms with E-state index < -0.39 is 21.8 Å². The van der Waals surface area contributed by atoms with Crippen molar-refractivity contribution >= 4 is 68.0 Å². The minimum absolute atomic E-state index is 0.120. The van der Waals surface area contributed by atoms with Crippen LogP contribution in [0.25, 0.3) is 0 Å². The Morgan fingerprint density at radius 2 is 1.69 bits per heavy atom. The molecule has 4 aromatic rings. The van der Waals surface area contributed by atoms with Crippen LogP contribution < -0.4 is 29.9 Å². The summed E-state index contributed by atoms with van der Waals surface area (Å²) in [5.74, 6) is 0.793. The Morgan fingerprint density at radius 3 is 2.39 bits per heavy atom. The molecule has 4 aliphatic heterocycles. The third-order valence-corrected chi connectivity index (χ3v) is 16.9. The molecular formula is C50H61ClFN9O5S. The van der Waals surface area contributed by atoms with Gasteiger partial charge in [0.15, 0.2) is 5.82 Å². The number of hydrogen-bond donors (Lipinski definition) is 3. The van der Waals surface area contributed by atoms with Crippen LogP contribution in [0, 0.1) is 11.7 Å². The fraction of sp³-hybridized carbons (Fsp3) is 0.520. The molecule has 67 heavy (non-hydrogen) atoms. The number of nitrogens with one attached hydrogen (secondary N) is 3. The van der Waals surface area contributed by atoms with Gasteiger partial charge in [-0.15, -0.1) is 0 Å². The molecule has 17 heteroatoms. The summed E-state index contributed by atoms with van der Waals surface area (Å²) in [7, 11) is -1.83. The van der Waals surface area contributed by atoms with Crippen LogP contribution in [0.3, 0.4) is 0 Å². The first-order chi connectivity index (χ1) is 32.3. The second-order valence-corrected chi connectivity index (χ2v) is 22.0. The average molecular weight is 955 g/mol. The molecular weight excluding hydrogens is 893 g/mol. The number of para-hydroxylation sites is 1. The van der Waals surface area contributed by atoms with Gasteiger partial charge < -0.3 is 25.2 Å². The van der Waals surface area contributed by atoms with Gasteiger partial charge in [-0.2, -0.15) is 4.98 Å². The fourth-order valence-electron chi connectivity index (χ4n) is 11.4. The molecule has 6 aliphatic rings. The van der Waals surface area contributed by atoms with Crippen molar-refractivity contribution in [3.05, 3.63) is 88.3 Å². The molecule has 10 rings (SSSR count). The molecule has 3 saturated heterocycles. The van der Waals surface area contributed by atoms with Gasteiger partial charge in [0, 0.05) is 81.0 Å². The van der Waals surface area contributed by atoms with Gasteiger partial charge in [-0.05, 0) is 118 Å². The molecule has 1 unspecified atom stereocenters. The van der Waals surface area contributed by atoms with Gasteiger partial charge in [0.1, 0.15) is 16.6 Å². The van der Waals surface area contributed by atoms with E-state index in [0.717, 1.165) is 114 Å². The van der Waals surface area contributed by atoms with E-state index in [4.69, 9.17) is 21.3 Å². The van der Waals surface area contributed by atoms with E-state index in [1.54, 1.807) is 19.2 Å². The number of aromatic nitrogens is 2. The van der Waals surface area contributed by atoms with Crippen molar-refractivity contribution < 1.29 is 27.1 Å². The Hall–Kier alpha value is -5.03.